The zero-order valence-corrected chi connectivity index (χ0v) is 10.4. The van der Waals surface area contributed by atoms with Crippen molar-refractivity contribution in [3.8, 4) is 0 Å². The third-order valence-electron chi connectivity index (χ3n) is 2.03. The molecule has 0 saturated heterocycles. The molecule has 0 aliphatic heterocycles. The lowest BCUT2D eigenvalue weighted by Crippen LogP contribution is -2.28. The van der Waals surface area contributed by atoms with E-state index in [9.17, 15) is 18.5 Å². The van der Waals surface area contributed by atoms with Crippen LogP contribution in [-0.4, -0.2) is 19.9 Å². The van der Waals surface area contributed by atoms with Crippen molar-refractivity contribution in [2.24, 2.45) is 5.92 Å². The molecule has 1 rings (SSSR count). The van der Waals surface area contributed by atoms with Crippen LogP contribution in [0.2, 0.25) is 0 Å². The maximum atomic E-state index is 11.8. The van der Waals surface area contributed by atoms with E-state index in [1.54, 1.807) is 0 Å². The summed E-state index contributed by atoms with van der Waals surface area (Å²) < 4.78 is 26.0. The van der Waals surface area contributed by atoms with Gasteiger partial charge in [-0.05, 0) is 12.0 Å². The highest BCUT2D eigenvalue weighted by atomic mass is 32.2. The molecule has 0 saturated carbocycles. The first-order chi connectivity index (χ1) is 7.84. The smallest absolute Gasteiger partial charge is 0.258 e. The second-order valence-electron chi connectivity index (χ2n) is 3.97. The highest BCUT2D eigenvalue weighted by Gasteiger charge is 2.24. The van der Waals surface area contributed by atoms with Crippen molar-refractivity contribution in [3.63, 3.8) is 0 Å². The number of hydrogen-bond acceptors (Lipinski definition) is 4. The van der Waals surface area contributed by atoms with E-state index >= 15 is 0 Å². The number of nitro groups is 1. The third kappa shape index (κ3) is 3.50. The van der Waals surface area contributed by atoms with Crippen molar-refractivity contribution >= 4 is 15.7 Å². The molecule has 0 aliphatic carbocycles. The molecule has 0 fully saturated rings. The second kappa shape index (κ2) is 5.24. The number of hydrogen-bond donors (Lipinski definition) is 1. The molecule has 0 spiro atoms. The van der Waals surface area contributed by atoms with E-state index in [4.69, 9.17) is 0 Å². The van der Waals surface area contributed by atoms with Gasteiger partial charge in [0.2, 0.25) is 10.0 Å². The van der Waals surface area contributed by atoms with Crippen LogP contribution >= 0.6 is 0 Å². The highest BCUT2D eigenvalue weighted by molar-refractivity contribution is 7.89. The molecule has 1 N–H and O–H groups in total. The molecule has 0 aliphatic rings. The lowest BCUT2D eigenvalue weighted by atomic mass is 10.2. The van der Waals surface area contributed by atoms with E-state index in [-0.39, 0.29) is 17.4 Å². The van der Waals surface area contributed by atoms with Gasteiger partial charge in [-0.25, -0.2) is 13.1 Å². The van der Waals surface area contributed by atoms with Gasteiger partial charge < -0.3 is 0 Å². The molecule has 1 aromatic rings. The van der Waals surface area contributed by atoms with Crippen molar-refractivity contribution < 1.29 is 13.3 Å². The first-order valence-electron chi connectivity index (χ1n) is 5.07. The summed E-state index contributed by atoms with van der Waals surface area (Å²) in [6.07, 6.45) is 0. The van der Waals surface area contributed by atoms with Gasteiger partial charge in [0.05, 0.1) is 4.92 Å². The van der Waals surface area contributed by atoms with Crippen molar-refractivity contribution in [3.05, 3.63) is 34.4 Å². The zero-order chi connectivity index (χ0) is 13.1. The average Bonchev–Trinajstić information content (AvgIpc) is 2.26. The van der Waals surface area contributed by atoms with Crippen LogP contribution in [0.5, 0.6) is 0 Å². The van der Waals surface area contributed by atoms with Crippen molar-refractivity contribution in [2.75, 3.05) is 6.54 Å². The zero-order valence-electron chi connectivity index (χ0n) is 9.58. The Morgan fingerprint density at radius 3 is 2.47 bits per heavy atom. The summed E-state index contributed by atoms with van der Waals surface area (Å²) in [4.78, 5) is 9.72. The molecule has 17 heavy (non-hydrogen) atoms. The van der Waals surface area contributed by atoms with Gasteiger partial charge in [-0.3, -0.25) is 10.1 Å². The maximum absolute atomic E-state index is 11.8. The molecule has 0 bridgehead atoms. The van der Waals surface area contributed by atoms with Gasteiger partial charge in [-0.15, -0.1) is 0 Å². The molecule has 0 aromatic heterocycles. The fraction of sp³-hybridized carbons (Fsp3) is 0.400. The van der Waals surface area contributed by atoms with E-state index in [0.717, 1.165) is 0 Å². The number of nitro benzene ring substituents is 1. The number of rotatable bonds is 5. The minimum atomic E-state index is -3.82. The van der Waals surface area contributed by atoms with Crippen LogP contribution in [0.4, 0.5) is 5.69 Å². The van der Waals surface area contributed by atoms with Crippen LogP contribution < -0.4 is 4.72 Å². The van der Waals surface area contributed by atoms with Gasteiger partial charge in [-0.1, -0.05) is 26.0 Å². The minimum Gasteiger partial charge on any atom is -0.258 e. The molecule has 7 heteroatoms. The van der Waals surface area contributed by atoms with Gasteiger partial charge in [-0.2, -0.15) is 0 Å². The summed E-state index contributed by atoms with van der Waals surface area (Å²) in [5, 5.41) is 10.7. The predicted molar refractivity (Wildman–Crippen MR) is 63.1 cm³/mol. The number of sulfonamides is 1. The lowest BCUT2D eigenvalue weighted by molar-refractivity contribution is -0.387. The topological polar surface area (TPSA) is 89.3 Å². The van der Waals surface area contributed by atoms with E-state index in [2.05, 4.69) is 4.72 Å². The first-order valence-corrected chi connectivity index (χ1v) is 6.56. The van der Waals surface area contributed by atoms with Crippen molar-refractivity contribution in [2.45, 2.75) is 18.7 Å². The van der Waals surface area contributed by atoms with Crippen LogP contribution in [0.1, 0.15) is 13.8 Å². The molecule has 0 heterocycles. The fourth-order valence-electron chi connectivity index (χ4n) is 1.19. The van der Waals surface area contributed by atoms with Gasteiger partial charge in [0.1, 0.15) is 0 Å². The molecular weight excluding hydrogens is 244 g/mol. The predicted octanol–water partition coefficient (Wildman–Crippen LogP) is 1.53. The standard InChI is InChI=1S/C10H14N2O4S/c1-8(2)7-11-17(15,16)10-6-4-3-5-9(10)12(13)14/h3-6,8,11H,7H2,1-2H3. The Morgan fingerprint density at radius 1 is 1.35 bits per heavy atom. The summed E-state index contributed by atoms with van der Waals surface area (Å²) in [5.41, 5.74) is -0.413. The maximum Gasteiger partial charge on any atom is 0.289 e. The van der Waals surface area contributed by atoms with Crippen LogP contribution in [0, 0.1) is 16.0 Å². The van der Waals surface area contributed by atoms with Gasteiger partial charge in [0.25, 0.3) is 5.69 Å². The van der Waals surface area contributed by atoms with Crippen LogP contribution in [0.15, 0.2) is 29.2 Å². The largest absolute Gasteiger partial charge is 0.289 e. The van der Waals surface area contributed by atoms with Gasteiger partial charge in [0.15, 0.2) is 4.90 Å². The Morgan fingerprint density at radius 2 is 1.94 bits per heavy atom. The molecular formula is C10H14N2O4S. The number of benzene rings is 1. The highest BCUT2D eigenvalue weighted by Crippen LogP contribution is 2.22. The molecule has 6 nitrogen and oxygen atoms in total. The Bertz CT molecular complexity index is 511. The monoisotopic (exact) mass is 258 g/mol. The summed E-state index contributed by atoms with van der Waals surface area (Å²) in [7, 11) is -3.82. The molecule has 1 aromatic carbocycles. The van der Waals surface area contributed by atoms with Gasteiger partial charge in [0, 0.05) is 12.6 Å². The van der Waals surface area contributed by atoms with E-state index in [1.807, 2.05) is 13.8 Å². The molecule has 0 unspecified atom stereocenters. The number of para-hydroxylation sites is 1. The SMILES string of the molecule is CC(C)CNS(=O)(=O)c1ccccc1[N+](=O)[O-]. The Balaban J connectivity index is 3.11. The summed E-state index contributed by atoms with van der Waals surface area (Å²) in [6.45, 7) is 3.94. The normalized spacial score (nSPS) is 11.7. The Labute approximate surface area is 99.9 Å². The molecule has 0 amide bonds. The van der Waals surface area contributed by atoms with E-state index in [1.165, 1.54) is 24.3 Å². The van der Waals surface area contributed by atoms with Crippen molar-refractivity contribution in [1.82, 2.24) is 4.72 Å². The van der Waals surface area contributed by atoms with Crippen molar-refractivity contribution in [1.29, 1.82) is 0 Å². The van der Waals surface area contributed by atoms with Crippen LogP contribution in [0.25, 0.3) is 0 Å². The van der Waals surface area contributed by atoms with E-state index in [0.29, 0.717) is 0 Å². The van der Waals surface area contributed by atoms with Crippen LogP contribution in [-0.2, 0) is 10.0 Å². The summed E-state index contributed by atoms with van der Waals surface area (Å²) in [5.74, 6) is 0.132. The molecule has 0 radical (unpaired) electrons. The molecule has 0 atom stereocenters. The summed E-state index contributed by atoms with van der Waals surface area (Å²) in [6, 6.07) is 5.28. The average molecular weight is 258 g/mol. The summed E-state index contributed by atoms with van der Waals surface area (Å²) >= 11 is 0. The second-order valence-corrected chi connectivity index (χ2v) is 5.71. The Hall–Kier alpha value is -1.47. The third-order valence-corrected chi connectivity index (χ3v) is 3.50. The fourth-order valence-corrected chi connectivity index (χ4v) is 2.57. The van der Waals surface area contributed by atoms with Crippen LogP contribution in [0.3, 0.4) is 0 Å². The molecule has 94 valence electrons. The lowest BCUT2D eigenvalue weighted by Gasteiger charge is -2.08. The first kappa shape index (κ1) is 13.6. The number of nitrogens with zero attached hydrogens (tertiary/aromatic N) is 1. The van der Waals surface area contributed by atoms with E-state index < -0.39 is 20.6 Å². The number of nitrogens with one attached hydrogen (secondary N) is 1. The quantitative estimate of drug-likeness (QED) is 0.640. The Kier molecular flexibility index (Phi) is 4.19. The minimum absolute atomic E-state index is 0.132. The van der Waals surface area contributed by atoms with Gasteiger partial charge >= 0.3 is 0 Å².